The average molecular weight is 387 g/mol. The van der Waals surface area contributed by atoms with Crippen molar-refractivity contribution in [2.45, 2.75) is 26.4 Å². The zero-order valence-electron chi connectivity index (χ0n) is 15.9. The number of benzene rings is 2. The summed E-state index contributed by atoms with van der Waals surface area (Å²) in [6.07, 6.45) is -0.610. The summed E-state index contributed by atoms with van der Waals surface area (Å²) in [6.45, 7) is 5.29. The molecule has 0 radical (unpaired) electrons. The monoisotopic (exact) mass is 387 g/mol. The van der Waals surface area contributed by atoms with E-state index in [9.17, 15) is 9.18 Å². The fraction of sp³-hybridized carbons (Fsp3) is 0.300. The molecule has 0 aliphatic heterocycles. The molecule has 142 valence electrons. The van der Waals surface area contributed by atoms with Crippen LogP contribution in [0.15, 0.2) is 36.4 Å². The lowest BCUT2D eigenvalue weighted by atomic mass is 10.2. The summed E-state index contributed by atoms with van der Waals surface area (Å²) in [4.78, 5) is 17.9. The topological polar surface area (TPSA) is 51.7 Å². The van der Waals surface area contributed by atoms with Crippen LogP contribution in [-0.4, -0.2) is 30.8 Å². The maximum Gasteiger partial charge on any atom is 0.414 e. The smallest absolute Gasteiger partial charge is 0.414 e. The SMILES string of the molecule is COc1ccc2nc(-c3ccc(N(C)C(=O)OC(C)(C)C)c([18F])c3)sc2c1. The number of halogens is 1. The lowest BCUT2D eigenvalue weighted by Gasteiger charge is -2.25. The predicted molar refractivity (Wildman–Crippen MR) is 106 cm³/mol. The molecule has 3 rings (SSSR count). The number of ether oxygens (including phenoxy) is 2. The van der Waals surface area contributed by atoms with Crippen molar-refractivity contribution >= 4 is 33.3 Å². The summed E-state index contributed by atoms with van der Waals surface area (Å²) in [6, 6.07) is 10.3. The molecule has 7 heteroatoms. The van der Waals surface area contributed by atoms with Crippen LogP contribution < -0.4 is 9.64 Å². The first-order valence-corrected chi connectivity index (χ1v) is 9.21. The van der Waals surface area contributed by atoms with Crippen molar-refractivity contribution in [3.63, 3.8) is 0 Å². The van der Waals surface area contributed by atoms with Gasteiger partial charge in [-0.15, -0.1) is 11.3 Å². The Morgan fingerprint density at radius 1 is 1.19 bits per heavy atom. The Kier molecular flexibility index (Phi) is 5.06. The molecule has 0 fully saturated rings. The van der Waals surface area contributed by atoms with Crippen molar-refractivity contribution in [3.05, 3.63) is 42.2 Å². The van der Waals surface area contributed by atoms with E-state index in [1.165, 1.54) is 24.5 Å². The number of fused-ring (bicyclic) bond motifs is 1. The Labute approximate surface area is 161 Å². The van der Waals surface area contributed by atoms with Gasteiger partial charge in [0.2, 0.25) is 0 Å². The van der Waals surface area contributed by atoms with Gasteiger partial charge in [0.15, 0.2) is 0 Å². The molecule has 1 heterocycles. The lowest BCUT2D eigenvalue weighted by molar-refractivity contribution is 0.0588. The molecule has 27 heavy (non-hydrogen) atoms. The molecule has 0 bridgehead atoms. The number of aromatic nitrogens is 1. The van der Waals surface area contributed by atoms with Crippen molar-refractivity contribution in [3.8, 4) is 16.3 Å². The first kappa shape index (κ1) is 19.1. The Balaban J connectivity index is 1.89. The van der Waals surface area contributed by atoms with Crippen molar-refractivity contribution in [2.75, 3.05) is 19.1 Å². The lowest BCUT2D eigenvalue weighted by Crippen LogP contribution is -2.34. The summed E-state index contributed by atoms with van der Waals surface area (Å²) in [5.41, 5.74) is 0.972. The van der Waals surface area contributed by atoms with E-state index in [2.05, 4.69) is 4.98 Å². The van der Waals surface area contributed by atoms with E-state index in [0.717, 1.165) is 20.9 Å². The van der Waals surface area contributed by atoms with Gasteiger partial charge in [-0.25, -0.2) is 14.2 Å². The standard InChI is InChI=1S/C20H21FN2O3S/c1-20(2,3)26-19(24)23(4)16-9-6-12(10-14(16)21)18-22-15-8-7-13(25-5)11-17(15)27-18/h6-11H,1-5H3/i21-1. The van der Waals surface area contributed by atoms with E-state index in [4.69, 9.17) is 9.47 Å². The first-order valence-electron chi connectivity index (χ1n) is 8.39. The number of carbonyl (C=O) groups excluding carboxylic acids is 1. The van der Waals surface area contributed by atoms with Crippen LogP contribution >= 0.6 is 11.3 Å². The van der Waals surface area contributed by atoms with Crippen LogP contribution in [0.5, 0.6) is 5.75 Å². The minimum atomic E-state index is -0.649. The minimum Gasteiger partial charge on any atom is -0.497 e. The van der Waals surface area contributed by atoms with E-state index in [1.54, 1.807) is 40.0 Å². The Hall–Kier alpha value is -2.67. The van der Waals surface area contributed by atoms with Crippen LogP contribution in [0.4, 0.5) is 14.9 Å². The molecule has 0 N–H and O–H groups in total. The summed E-state index contributed by atoms with van der Waals surface area (Å²) in [5.74, 6) is 0.232. The molecule has 0 atom stereocenters. The summed E-state index contributed by atoms with van der Waals surface area (Å²) >= 11 is 1.45. The van der Waals surface area contributed by atoms with E-state index in [-0.39, 0.29) is 5.69 Å². The van der Waals surface area contributed by atoms with Gasteiger partial charge >= 0.3 is 6.09 Å². The van der Waals surface area contributed by atoms with Crippen LogP contribution in [0.1, 0.15) is 20.8 Å². The molecule has 0 saturated heterocycles. The second-order valence-corrected chi connectivity index (χ2v) is 8.09. The molecular formula is C20H21FN2O3S. The second-order valence-electron chi connectivity index (χ2n) is 7.06. The largest absolute Gasteiger partial charge is 0.497 e. The Bertz CT molecular complexity index is 995. The van der Waals surface area contributed by atoms with Gasteiger partial charge in [0, 0.05) is 12.6 Å². The number of thiazole rings is 1. The Morgan fingerprint density at radius 2 is 1.93 bits per heavy atom. The molecule has 0 saturated carbocycles. The van der Waals surface area contributed by atoms with Gasteiger partial charge in [-0.3, -0.25) is 4.90 Å². The highest BCUT2D eigenvalue weighted by molar-refractivity contribution is 7.21. The molecule has 1 amide bonds. The highest BCUT2D eigenvalue weighted by atomic mass is 32.1. The third-order valence-electron chi connectivity index (χ3n) is 3.82. The normalized spacial score (nSPS) is 11.5. The molecule has 0 aliphatic rings. The van der Waals surface area contributed by atoms with Gasteiger partial charge < -0.3 is 9.47 Å². The third-order valence-corrected chi connectivity index (χ3v) is 4.89. The molecule has 0 aliphatic carbocycles. The predicted octanol–water partition coefficient (Wildman–Crippen LogP) is 5.48. The van der Waals surface area contributed by atoms with Crippen molar-refractivity contribution < 1.29 is 18.7 Å². The minimum absolute atomic E-state index is 0.149. The Morgan fingerprint density at radius 3 is 2.56 bits per heavy atom. The van der Waals surface area contributed by atoms with Crippen LogP contribution in [0.2, 0.25) is 0 Å². The van der Waals surface area contributed by atoms with Crippen LogP contribution in [0.3, 0.4) is 0 Å². The highest BCUT2D eigenvalue weighted by Gasteiger charge is 2.22. The van der Waals surface area contributed by atoms with Crippen LogP contribution in [0.25, 0.3) is 20.8 Å². The maximum absolute atomic E-state index is 14.7. The number of rotatable bonds is 3. The molecule has 3 aromatic rings. The number of hydrogen-bond acceptors (Lipinski definition) is 5. The number of hydrogen-bond donors (Lipinski definition) is 0. The zero-order chi connectivity index (χ0) is 19.8. The van der Waals surface area contributed by atoms with Crippen LogP contribution in [-0.2, 0) is 4.74 Å². The maximum atomic E-state index is 14.7. The quantitative estimate of drug-likeness (QED) is 0.597. The third kappa shape index (κ3) is 4.19. The van der Waals surface area contributed by atoms with E-state index >= 15 is 0 Å². The number of amides is 1. The first-order chi connectivity index (χ1) is 12.7. The molecule has 2 aromatic carbocycles. The van der Waals surface area contributed by atoms with Gasteiger partial charge in [0.05, 0.1) is 23.0 Å². The molecular weight excluding hydrogens is 366 g/mol. The van der Waals surface area contributed by atoms with Crippen LogP contribution in [0, 0.1) is 5.82 Å². The van der Waals surface area contributed by atoms with Gasteiger partial charge in [-0.1, -0.05) is 0 Å². The van der Waals surface area contributed by atoms with E-state index in [0.29, 0.717) is 10.6 Å². The van der Waals surface area contributed by atoms with Gasteiger partial charge in [-0.05, 0) is 57.2 Å². The van der Waals surface area contributed by atoms with Gasteiger partial charge in [0.25, 0.3) is 0 Å². The van der Waals surface area contributed by atoms with E-state index in [1.807, 2.05) is 18.2 Å². The second kappa shape index (κ2) is 7.15. The van der Waals surface area contributed by atoms with Gasteiger partial charge in [-0.2, -0.15) is 0 Å². The summed E-state index contributed by atoms with van der Waals surface area (Å²) in [7, 11) is 3.09. The zero-order valence-corrected chi connectivity index (χ0v) is 16.7. The number of methoxy groups -OCH3 is 1. The number of carbonyl (C=O) groups is 1. The molecule has 0 spiro atoms. The number of anilines is 1. The fourth-order valence-corrected chi connectivity index (χ4v) is 3.49. The summed E-state index contributed by atoms with van der Waals surface area (Å²) in [5, 5.41) is 0.698. The molecule has 1 aromatic heterocycles. The van der Waals surface area contributed by atoms with E-state index < -0.39 is 17.5 Å². The molecule has 0 unspecified atom stereocenters. The fourth-order valence-electron chi connectivity index (χ4n) is 2.50. The number of nitrogens with zero attached hydrogens (tertiary/aromatic N) is 2. The van der Waals surface area contributed by atoms with Crippen molar-refractivity contribution in [1.82, 2.24) is 4.98 Å². The van der Waals surface area contributed by atoms with Gasteiger partial charge in [0.1, 0.15) is 22.2 Å². The van der Waals surface area contributed by atoms with Crippen molar-refractivity contribution in [2.24, 2.45) is 0 Å². The average Bonchev–Trinajstić information content (AvgIpc) is 3.02. The van der Waals surface area contributed by atoms with Crippen molar-refractivity contribution in [1.29, 1.82) is 0 Å². The molecule has 5 nitrogen and oxygen atoms in total. The summed E-state index contributed by atoms with van der Waals surface area (Å²) < 4.78 is 26.1. The highest BCUT2D eigenvalue weighted by Crippen LogP contribution is 2.34.